The van der Waals surface area contributed by atoms with E-state index in [1.807, 2.05) is 25.1 Å². The number of hydrogen-bond acceptors (Lipinski definition) is 3. The maximum Gasteiger partial charge on any atom is 0.307 e. The van der Waals surface area contributed by atoms with E-state index < -0.39 is 17.8 Å². The van der Waals surface area contributed by atoms with E-state index in [1.54, 1.807) is 12.3 Å². The van der Waals surface area contributed by atoms with Crippen molar-refractivity contribution in [2.75, 3.05) is 5.32 Å². The lowest BCUT2D eigenvalue weighted by Gasteiger charge is -2.23. The van der Waals surface area contributed by atoms with E-state index in [0.29, 0.717) is 5.82 Å². The zero-order chi connectivity index (χ0) is 14.3. The first-order valence-corrected chi connectivity index (χ1v) is 6.71. The Labute approximate surface area is 116 Å². The van der Waals surface area contributed by atoms with Crippen molar-refractivity contribution in [3.63, 3.8) is 0 Å². The van der Waals surface area contributed by atoms with Gasteiger partial charge in [0.25, 0.3) is 0 Å². The molecule has 1 heterocycles. The van der Waals surface area contributed by atoms with Crippen LogP contribution in [0.3, 0.4) is 0 Å². The average molecular weight is 272 g/mol. The van der Waals surface area contributed by atoms with Gasteiger partial charge in [0, 0.05) is 6.20 Å². The molecule has 2 bridgehead atoms. The van der Waals surface area contributed by atoms with Crippen LogP contribution >= 0.6 is 0 Å². The number of aromatic nitrogens is 1. The van der Waals surface area contributed by atoms with E-state index in [0.717, 1.165) is 12.0 Å². The van der Waals surface area contributed by atoms with Crippen LogP contribution in [0.25, 0.3) is 0 Å². The van der Waals surface area contributed by atoms with Crippen molar-refractivity contribution in [1.29, 1.82) is 0 Å². The highest BCUT2D eigenvalue weighted by Gasteiger charge is 2.51. The summed E-state index contributed by atoms with van der Waals surface area (Å²) in [6.45, 7) is 1.92. The van der Waals surface area contributed by atoms with Crippen LogP contribution in [0, 0.1) is 30.6 Å². The fraction of sp³-hybridized carbons (Fsp3) is 0.400. The molecule has 1 amide bonds. The van der Waals surface area contributed by atoms with Gasteiger partial charge >= 0.3 is 5.97 Å². The average Bonchev–Trinajstić information content (AvgIpc) is 3.01. The molecule has 0 saturated heterocycles. The molecule has 0 aliphatic heterocycles. The normalized spacial score (nSPS) is 30.4. The van der Waals surface area contributed by atoms with Crippen molar-refractivity contribution >= 4 is 17.7 Å². The minimum atomic E-state index is -0.890. The maximum absolute atomic E-state index is 12.4. The van der Waals surface area contributed by atoms with Gasteiger partial charge in [-0.2, -0.15) is 0 Å². The van der Waals surface area contributed by atoms with Crippen molar-refractivity contribution in [3.05, 3.63) is 36.0 Å². The monoisotopic (exact) mass is 272 g/mol. The van der Waals surface area contributed by atoms with Gasteiger partial charge < -0.3 is 10.4 Å². The van der Waals surface area contributed by atoms with E-state index in [2.05, 4.69) is 10.3 Å². The third-order valence-electron chi connectivity index (χ3n) is 4.21. The number of aryl methyl sites for hydroxylation is 1. The molecule has 1 fully saturated rings. The van der Waals surface area contributed by atoms with Crippen LogP contribution in [0.4, 0.5) is 5.82 Å². The zero-order valence-electron chi connectivity index (χ0n) is 11.1. The number of amides is 1. The van der Waals surface area contributed by atoms with Crippen LogP contribution in [0.1, 0.15) is 12.0 Å². The number of anilines is 1. The molecule has 5 nitrogen and oxygen atoms in total. The van der Waals surface area contributed by atoms with Gasteiger partial charge in [0.15, 0.2) is 0 Å². The molecule has 1 aromatic rings. The largest absolute Gasteiger partial charge is 0.481 e. The van der Waals surface area contributed by atoms with Gasteiger partial charge in [-0.1, -0.05) is 18.2 Å². The number of pyridine rings is 1. The van der Waals surface area contributed by atoms with Crippen molar-refractivity contribution < 1.29 is 14.7 Å². The standard InChI is InChI=1S/C15H16N2O3/c1-8-2-5-11(16-7-8)17-14(18)12-9-3-4-10(6-9)13(12)15(19)20/h2-5,7,9-10,12-13H,6H2,1H3,(H,19,20)(H,16,17,18)/t9-,10-,12+,13+/m0/s1. The number of carbonyl (C=O) groups excluding carboxylic acids is 1. The first-order chi connectivity index (χ1) is 9.56. The Kier molecular flexibility index (Phi) is 3.04. The van der Waals surface area contributed by atoms with Gasteiger partial charge in [0.05, 0.1) is 11.8 Å². The molecule has 104 valence electrons. The van der Waals surface area contributed by atoms with Crippen LogP contribution in [0.5, 0.6) is 0 Å². The van der Waals surface area contributed by atoms with Gasteiger partial charge in [-0.15, -0.1) is 0 Å². The highest BCUT2D eigenvalue weighted by Crippen LogP contribution is 2.48. The minimum absolute atomic E-state index is 0.0146. The summed E-state index contributed by atoms with van der Waals surface area (Å²) in [5.74, 6) is -1.76. The van der Waals surface area contributed by atoms with Gasteiger partial charge in [-0.25, -0.2) is 4.98 Å². The number of carboxylic acid groups (broad SMARTS) is 1. The van der Waals surface area contributed by atoms with Crippen molar-refractivity contribution in [3.8, 4) is 0 Å². The van der Waals surface area contributed by atoms with Crippen molar-refractivity contribution in [2.45, 2.75) is 13.3 Å². The summed E-state index contributed by atoms with van der Waals surface area (Å²) in [5, 5.41) is 12.1. The third kappa shape index (κ3) is 2.09. The Morgan fingerprint density at radius 3 is 2.55 bits per heavy atom. The lowest BCUT2D eigenvalue weighted by molar-refractivity contribution is -0.146. The second-order valence-electron chi connectivity index (χ2n) is 5.55. The number of nitrogens with one attached hydrogen (secondary N) is 1. The predicted octanol–water partition coefficient (Wildman–Crippen LogP) is 1.85. The molecule has 2 aliphatic rings. The Bertz CT molecular complexity index is 579. The van der Waals surface area contributed by atoms with Gasteiger partial charge in [-0.05, 0) is 36.8 Å². The summed E-state index contributed by atoms with van der Waals surface area (Å²) in [4.78, 5) is 27.9. The smallest absolute Gasteiger partial charge is 0.307 e. The highest BCUT2D eigenvalue weighted by atomic mass is 16.4. The van der Waals surface area contributed by atoms with Crippen LogP contribution in [-0.4, -0.2) is 22.0 Å². The van der Waals surface area contributed by atoms with Crippen molar-refractivity contribution in [2.24, 2.45) is 23.7 Å². The molecule has 4 atom stereocenters. The Balaban J connectivity index is 1.78. The first-order valence-electron chi connectivity index (χ1n) is 6.71. The molecule has 0 aromatic carbocycles. The molecule has 2 N–H and O–H groups in total. The zero-order valence-corrected chi connectivity index (χ0v) is 11.1. The number of aliphatic carboxylic acids is 1. The number of carbonyl (C=O) groups is 2. The molecule has 0 unspecified atom stereocenters. The maximum atomic E-state index is 12.4. The summed E-state index contributed by atoms with van der Waals surface area (Å²) in [5.41, 5.74) is 1.01. The molecule has 1 saturated carbocycles. The van der Waals surface area contributed by atoms with Crippen LogP contribution < -0.4 is 5.32 Å². The lowest BCUT2D eigenvalue weighted by atomic mass is 9.82. The summed E-state index contributed by atoms with van der Waals surface area (Å²) in [6, 6.07) is 3.59. The quantitative estimate of drug-likeness (QED) is 0.823. The number of carboxylic acids is 1. The molecule has 0 spiro atoms. The van der Waals surface area contributed by atoms with Gasteiger partial charge in [-0.3, -0.25) is 9.59 Å². The Morgan fingerprint density at radius 1 is 1.25 bits per heavy atom. The molecule has 5 heteroatoms. The van der Waals surface area contributed by atoms with Crippen LogP contribution in [-0.2, 0) is 9.59 Å². The highest BCUT2D eigenvalue weighted by molar-refractivity contribution is 5.95. The molecule has 20 heavy (non-hydrogen) atoms. The molecular formula is C15H16N2O3. The fourth-order valence-electron chi connectivity index (χ4n) is 3.27. The number of fused-ring (bicyclic) bond motifs is 2. The van der Waals surface area contributed by atoms with E-state index in [4.69, 9.17) is 0 Å². The summed E-state index contributed by atoms with van der Waals surface area (Å²) in [6.07, 6.45) is 6.33. The lowest BCUT2D eigenvalue weighted by Crippen LogP contribution is -2.36. The summed E-state index contributed by atoms with van der Waals surface area (Å²) in [7, 11) is 0. The third-order valence-corrected chi connectivity index (χ3v) is 4.21. The topological polar surface area (TPSA) is 79.3 Å². The fourth-order valence-corrected chi connectivity index (χ4v) is 3.27. The van der Waals surface area contributed by atoms with Gasteiger partial charge in [0.1, 0.15) is 5.82 Å². The summed E-state index contributed by atoms with van der Waals surface area (Å²) < 4.78 is 0. The molecular weight excluding hydrogens is 256 g/mol. The second-order valence-corrected chi connectivity index (χ2v) is 5.55. The molecule has 0 radical (unpaired) electrons. The van der Waals surface area contributed by atoms with Crippen LogP contribution in [0.2, 0.25) is 0 Å². The van der Waals surface area contributed by atoms with E-state index in [-0.39, 0.29) is 17.7 Å². The Hall–Kier alpha value is -2.17. The second kappa shape index (κ2) is 4.74. The van der Waals surface area contributed by atoms with Crippen LogP contribution in [0.15, 0.2) is 30.5 Å². The van der Waals surface area contributed by atoms with E-state index >= 15 is 0 Å². The SMILES string of the molecule is Cc1ccc(NC(=O)[C@H]2[C@H](C(=O)O)[C@H]3C=C[C@H]2C3)nc1. The number of allylic oxidation sites excluding steroid dienone is 2. The number of nitrogens with zero attached hydrogens (tertiary/aromatic N) is 1. The molecule has 1 aromatic heterocycles. The summed E-state index contributed by atoms with van der Waals surface area (Å²) >= 11 is 0. The van der Waals surface area contributed by atoms with Gasteiger partial charge in [0.2, 0.25) is 5.91 Å². The number of rotatable bonds is 3. The minimum Gasteiger partial charge on any atom is -0.481 e. The Morgan fingerprint density at radius 2 is 1.95 bits per heavy atom. The molecule has 2 aliphatic carbocycles. The predicted molar refractivity (Wildman–Crippen MR) is 73.0 cm³/mol. The molecule has 3 rings (SSSR count). The number of hydrogen-bond donors (Lipinski definition) is 2. The van der Waals surface area contributed by atoms with E-state index in [9.17, 15) is 14.7 Å². The van der Waals surface area contributed by atoms with Crippen molar-refractivity contribution in [1.82, 2.24) is 4.98 Å². The van der Waals surface area contributed by atoms with E-state index in [1.165, 1.54) is 0 Å². The first kappa shape index (κ1) is 12.8.